The fourth-order valence-electron chi connectivity index (χ4n) is 3.14. The van der Waals surface area contributed by atoms with E-state index in [0.29, 0.717) is 0 Å². The van der Waals surface area contributed by atoms with Gasteiger partial charge in [0.2, 0.25) is 5.91 Å². The van der Waals surface area contributed by atoms with E-state index in [1.165, 1.54) is 12.8 Å². The van der Waals surface area contributed by atoms with Crippen LogP contribution in [0.25, 0.3) is 10.9 Å². The third kappa shape index (κ3) is 2.67. The molecule has 1 atom stereocenters. The number of aromatic amines is 1. The lowest BCUT2D eigenvalue weighted by Gasteiger charge is -2.43. The van der Waals surface area contributed by atoms with Gasteiger partial charge in [0.25, 0.3) is 0 Å². The summed E-state index contributed by atoms with van der Waals surface area (Å²) in [7, 11) is 0. The normalized spacial score (nSPS) is 27.9. The molecule has 2 aromatic rings. The van der Waals surface area contributed by atoms with E-state index < -0.39 is 0 Å². The second kappa shape index (κ2) is 5.63. The molecule has 3 N–H and O–H groups in total. The van der Waals surface area contributed by atoms with Crippen molar-refractivity contribution in [3.8, 4) is 0 Å². The van der Waals surface area contributed by atoms with Gasteiger partial charge in [-0.2, -0.15) is 5.10 Å². The zero-order chi connectivity index (χ0) is 13.9. The van der Waals surface area contributed by atoms with Gasteiger partial charge in [0, 0.05) is 5.39 Å². The van der Waals surface area contributed by atoms with Crippen LogP contribution in [-0.2, 0) is 4.79 Å². The highest BCUT2D eigenvalue weighted by atomic mass is 16.1. The molecule has 106 valence electrons. The van der Waals surface area contributed by atoms with Crippen LogP contribution in [0.4, 0.5) is 0 Å². The first kappa shape index (κ1) is 13.1. The largest absolute Gasteiger partial charge is 0.368 e. The molecular weight excluding hydrogens is 252 g/mol. The molecule has 20 heavy (non-hydrogen) atoms. The highest BCUT2D eigenvalue weighted by molar-refractivity contribution is 5.80. The Morgan fingerprint density at radius 2 is 2.05 bits per heavy atom. The number of benzene rings is 1. The molecule has 3 aliphatic rings. The summed E-state index contributed by atoms with van der Waals surface area (Å²) in [6, 6.07) is 8.07. The molecule has 3 fully saturated rings. The summed E-state index contributed by atoms with van der Waals surface area (Å²) in [5.41, 5.74) is 6.37. The molecule has 4 heterocycles. The molecule has 5 rings (SSSR count). The number of para-hydroxylation sites is 1. The second-order valence-electron chi connectivity index (χ2n) is 5.59. The average Bonchev–Trinajstić information content (AvgIpc) is 2.97. The molecule has 0 aliphatic carbocycles. The quantitative estimate of drug-likeness (QED) is 0.826. The van der Waals surface area contributed by atoms with Crippen LogP contribution in [0.3, 0.4) is 0 Å². The Labute approximate surface area is 118 Å². The van der Waals surface area contributed by atoms with E-state index in [4.69, 9.17) is 5.73 Å². The molecule has 0 saturated carbocycles. The minimum atomic E-state index is -0.130. The lowest BCUT2D eigenvalue weighted by atomic mass is 9.83. The molecule has 2 bridgehead atoms. The van der Waals surface area contributed by atoms with E-state index in [2.05, 4.69) is 15.1 Å². The number of fused-ring (bicyclic) bond motifs is 4. The number of hydrogen-bond acceptors (Lipinski definition) is 3. The van der Waals surface area contributed by atoms with Crippen molar-refractivity contribution in [2.24, 2.45) is 11.7 Å². The number of nitrogens with two attached hydrogens (primary N) is 1. The van der Waals surface area contributed by atoms with Crippen molar-refractivity contribution in [3.63, 3.8) is 0 Å². The summed E-state index contributed by atoms with van der Waals surface area (Å²) >= 11 is 0. The number of primary amides is 1. The van der Waals surface area contributed by atoms with Crippen LogP contribution < -0.4 is 5.73 Å². The number of amides is 1. The first-order valence-electron chi connectivity index (χ1n) is 7.15. The fraction of sp³-hybridized carbons (Fsp3) is 0.467. The first-order valence-corrected chi connectivity index (χ1v) is 7.15. The lowest BCUT2D eigenvalue weighted by Crippen LogP contribution is -2.54. The van der Waals surface area contributed by atoms with Crippen LogP contribution in [0.2, 0.25) is 0 Å². The van der Waals surface area contributed by atoms with Gasteiger partial charge in [-0.1, -0.05) is 18.2 Å². The van der Waals surface area contributed by atoms with Gasteiger partial charge < -0.3 is 5.73 Å². The van der Waals surface area contributed by atoms with Crippen LogP contribution in [0.15, 0.2) is 30.5 Å². The van der Waals surface area contributed by atoms with E-state index in [1.807, 2.05) is 30.5 Å². The molecule has 3 aliphatic heterocycles. The number of carbonyl (C=O) groups excluding carboxylic acids is 1. The minimum absolute atomic E-state index is 0.0579. The molecular formula is C15H20N4O. The van der Waals surface area contributed by atoms with Crippen molar-refractivity contribution in [3.05, 3.63) is 30.5 Å². The minimum Gasteiger partial charge on any atom is -0.368 e. The smallest absolute Gasteiger partial charge is 0.234 e. The molecule has 1 unspecified atom stereocenters. The summed E-state index contributed by atoms with van der Waals surface area (Å²) < 4.78 is 0. The first-order chi connectivity index (χ1) is 9.74. The summed E-state index contributed by atoms with van der Waals surface area (Å²) in [5, 5.41) is 7.91. The predicted octanol–water partition coefficient (Wildman–Crippen LogP) is 1.52. The monoisotopic (exact) mass is 272 g/mol. The van der Waals surface area contributed by atoms with Gasteiger partial charge in [0.1, 0.15) is 0 Å². The molecule has 3 saturated heterocycles. The van der Waals surface area contributed by atoms with Crippen LogP contribution >= 0.6 is 0 Å². The Hall–Kier alpha value is -1.88. The van der Waals surface area contributed by atoms with Crippen LogP contribution in [0, 0.1) is 5.92 Å². The summed E-state index contributed by atoms with van der Waals surface area (Å²) in [5.74, 6) is 0.645. The van der Waals surface area contributed by atoms with Gasteiger partial charge in [0.15, 0.2) is 0 Å². The number of rotatable bonds is 1. The number of nitrogens with one attached hydrogen (secondary N) is 1. The summed E-state index contributed by atoms with van der Waals surface area (Å²) in [6.07, 6.45) is 5.36. The van der Waals surface area contributed by atoms with E-state index >= 15 is 0 Å². The molecule has 0 radical (unpaired) electrons. The third-order valence-corrected chi connectivity index (χ3v) is 4.32. The molecule has 1 aromatic carbocycles. The highest BCUT2D eigenvalue weighted by Gasteiger charge is 2.36. The van der Waals surface area contributed by atoms with Gasteiger partial charge in [-0.25, -0.2) is 0 Å². The van der Waals surface area contributed by atoms with Gasteiger partial charge in [-0.05, 0) is 44.3 Å². The van der Waals surface area contributed by atoms with Crippen molar-refractivity contribution in [1.29, 1.82) is 0 Å². The number of nitrogens with zero attached hydrogens (tertiary/aromatic N) is 2. The number of aromatic nitrogens is 2. The average molecular weight is 272 g/mol. The second-order valence-corrected chi connectivity index (χ2v) is 5.59. The van der Waals surface area contributed by atoms with Crippen molar-refractivity contribution in [2.45, 2.75) is 25.3 Å². The summed E-state index contributed by atoms with van der Waals surface area (Å²) in [4.78, 5) is 13.1. The molecule has 5 heteroatoms. The van der Waals surface area contributed by atoms with Crippen LogP contribution in [0.1, 0.15) is 19.3 Å². The number of piperidine rings is 3. The number of carbonyl (C=O) groups is 1. The topological polar surface area (TPSA) is 75.0 Å². The van der Waals surface area contributed by atoms with Crippen molar-refractivity contribution >= 4 is 16.8 Å². The third-order valence-electron chi connectivity index (χ3n) is 4.32. The van der Waals surface area contributed by atoms with Crippen molar-refractivity contribution in [2.75, 3.05) is 13.1 Å². The fourth-order valence-corrected chi connectivity index (χ4v) is 3.14. The zero-order valence-corrected chi connectivity index (χ0v) is 11.5. The Morgan fingerprint density at radius 3 is 2.60 bits per heavy atom. The standard InChI is InChI=1S/C8H14N2O.C7H6N2/c9-8(11)7-5-6-1-3-10(7)4-2-6;1-2-4-7-6(3-1)5-8-9-7/h6-7H,1-5H2,(H2,9,11);1-5H,(H,8,9). The predicted molar refractivity (Wildman–Crippen MR) is 78.0 cm³/mol. The van der Waals surface area contributed by atoms with Crippen LogP contribution in [0.5, 0.6) is 0 Å². The SMILES string of the molecule is NC(=O)C1CC2CCN1CC2.c1ccc2[nH]ncc2c1. The molecule has 1 aromatic heterocycles. The Bertz CT molecular complexity index is 556. The van der Waals surface area contributed by atoms with Gasteiger partial charge >= 0.3 is 0 Å². The summed E-state index contributed by atoms with van der Waals surface area (Å²) in [6.45, 7) is 2.16. The van der Waals surface area contributed by atoms with Crippen LogP contribution in [-0.4, -0.2) is 40.1 Å². The number of hydrogen-bond donors (Lipinski definition) is 2. The molecule has 1 amide bonds. The Morgan fingerprint density at radius 1 is 1.30 bits per heavy atom. The van der Waals surface area contributed by atoms with E-state index in [1.54, 1.807) is 0 Å². The van der Waals surface area contributed by atoms with E-state index in [9.17, 15) is 4.79 Å². The number of H-pyrrole nitrogens is 1. The molecule has 5 nitrogen and oxygen atoms in total. The van der Waals surface area contributed by atoms with E-state index in [-0.39, 0.29) is 11.9 Å². The lowest BCUT2D eigenvalue weighted by molar-refractivity contribution is -0.127. The highest BCUT2D eigenvalue weighted by Crippen LogP contribution is 2.31. The Balaban J connectivity index is 0.000000123. The maximum atomic E-state index is 10.9. The van der Waals surface area contributed by atoms with Crippen molar-refractivity contribution in [1.82, 2.24) is 15.1 Å². The zero-order valence-electron chi connectivity index (χ0n) is 11.5. The van der Waals surface area contributed by atoms with Gasteiger partial charge in [-0.15, -0.1) is 0 Å². The maximum absolute atomic E-state index is 10.9. The van der Waals surface area contributed by atoms with Gasteiger partial charge in [-0.3, -0.25) is 14.8 Å². The van der Waals surface area contributed by atoms with E-state index in [0.717, 1.165) is 36.3 Å². The van der Waals surface area contributed by atoms with Crippen molar-refractivity contribution < 1.29 is 4.79 Å². The maximum Gasteiger partial charge on any atom is 0.234 e. The Kier molecular flexibility index (Phi) is 3.69. The van der Waals surface area contributed by atoms with Gasteiger partial charge in [0.05, 0.1) is 17.8 Å². The molecule has 0 spiro atoms.